The SMILES string of the molecule is C#CCCC/C=C(\C)CCC1OC1(C)CO. The number of ether oxygens (including phenoxy) is 1. The van der Waals surface area contributed by atoms with Gasteiger partial charge in [-0.3, -0.25) is 0 Å². The predicted molar refractivity (Wildman–Crippen MR) is 66.0 cm³/mol. The van der Waals surface area contributed by atoms with Gasteiger partial charge in [0, 0.05) is 6.42 Å². The Bertz CT molecular complexity index is 288. The number of allylic oxidation sites excluding steroid dienone is 2. The third kappa shape index (κ3) is 4.00. The summed E-state index contributed by atoms with van der Waals surface area (Å²) < 4.78 is 5.44. The molecule has 0 aromatic rings. The summed E-state index contributed by atoms with van der Waals surface area (Å²) in [7, 11) is 0. The molecule has 16 heavy (non-hydrogen) atoms. The molecule has 0 bridgehead atoms. The molecule has 1 aliphatic heterocycles. The van der Waals surface area contributed by atoms with Crippen LogP contribution in [-0.4, -0.2) is 23.4 Å². The monoisotopic (exact) mass is 222 g/mol. The van der Waals surface area contributed by atoms with E-state index in [4.69, 9.17) is 16.3 Å². The number of epoxide rings is 1. The first-order chi connectivity index (χ1) is 7.62. The summed E-state index contributed by atoms with van der Waals surface area (Å²) in [6.07, 6.45) is 12.7. The van der Waals surface area contributed by atoms with E-state index in [1.165, 1.54) is 5.57 Å². The van der Waals surface area contributed by atoms with Gasteiger partial charge in [0.05, 0.1) is 12.7 Å². The van der Waals surface area contributed by atoms with E-state index in [2.05, 4.69) is 18.9 Å². The molecule has 1 N–H and O–H groups in total. The molecule has 1 fully saturated rings. The van der Waals surface area contributed by atoms with Crippen LogP contribution in [0.1, 0.15) is 46.0 Å². The highest BCUT2D eigenvalue weighted by molar-refractivity contribution is 5.04. The molecule has 90 valence electrons. The molecule has 2 nitrogen and oxygen atoms in total. The minimum Gasteiger partial charge on any atom is -0.393 e. The molecule has 2 atom stereocenters. The number of aliphatic hydroxyl groups is 1. The summed E-state index contributed by atoms with van der Waals surface area (Å²) in [6, 6.07) is 0. The van der Waals surface area contributed by atoms with Gasteiger partial charge in [0.1, 0.15) is 5.60 Å². The number of aliphatic hydroxyl groups excluding tert-OH is 1. The highest BCUT2D eigenvalue weighted by atomic mass is 16.6. The summed E-state index contributed by atoms with van der Waals surface area (Å²) in [4.78, 5) is 0. The standard InChI is InChI=1S/C14H22O2/c1-4-5-6-7-8-12(2)9-10-13-14(3,11-15)16-13/h1,8,13,15H,5-7,9-11H2,2-3H3/b12-8+. The lowest BCUT2D eigenvalue weighted by atomic mass is 10.0. The topological polar surface area (TPSA) is 32.8 Å². The first kappa shape index (κ1) is 13.3. The maximum atomic E-state index is 9.04. The predicted octanol–water partition coefficient (Wildman–Crippen LogP) is 2.67. The fourth-order valence-corrected chi connectivity index (χ4v) is 1.81. The second-order valence-corrected chi connectivity index (χ2v) is 4.76. The second-order valence-electron chi connectivity index (χ2n) is 4.76. The highest BCUT2D eigenvalue weighted by Crippen LogP contribution is 2.39. The summed E-state index contributed by atoms with van der Waals surface area (Å²) in [5, 5.41) is 9.04. The molecule has 0 spiro atoms. The van der Waals surface area contributed by atoms with Crippen molar-refractivity contribution in [3.8, 4) is 12.3 Å². The van der Waals surface area contributed by atoms with E-state index in [1.54, 1.807) is 0 Å². The first-order valence-corrected chi connectivity index (χ1v) is 6.00. The third-order valence-electron chi connectivity index (χ3n) is 3.17. The van der Waals surface area contributed by atoms with E-state index in [9.17, 15) is 0 Å². The zero-order chi connectivity index (χ0) is 12.0. The Morgan fingerprint density at radius 1 is 1.62 bits per heavy atom. The molecule has 0 radical (unpaired) electrons. The minimum absolute atomic E-state index is 0.128. The second kappa shape index (κ2) is 6.08. The Balaban J connectivity index is 2.12. The van der Waals surface area contributed by atoms with Crippen LogP contribution < -0.4 is 0 Å². The molecule has 0 aromatic heterocycles. The molecule has 2 unspecified atom stereocenters. The molecule has 0 saturated carbocycles. The average Bonchev–Trinajstić information content (AvgIpc) is 2.94. The van der Waals surface area contributed by atoms with Crippen LogP contribution in [-0.2, 0) is 4.74 Å². The smallest absolute Gasteiger partial charge is 0.115 e. The normalized spacial score (nSPS) is 28.9. The number of terminal acetylenes is 1. The third-order valence-corrected chi connectivity index (χ3v) is 3.17. The largest absolute Gasteiger partial charge is 0.393 e. The summed E-state index contributed by atoms with van der Waals surface area (Å²) in [6.45, 7) is 4.24. The van der Waals surface area contributed by atoms with Gasteiger partial charge in [-0.25, -0.2) is 0 Å². The number of unbranched alkanes of at least 4 members (excludes halogenated alkanes) is 2. The van der Waals surface area contributed by atoms with Crippen molar-refractivity contribution in [2.75, 3.05) is 6.61 Å². The van der Waals surface area contributed by atoms with Crippen molar-refractivity contribution in [3.05, 3.63) is 11.6 Å². The van der Waals surface area contributed by atoms with E-state index in [-0.39, 0.29) is 18.3 Å². The van der Waals surface area contributed by atoms with Gasteiger partial charge in [0.25, 0.3) is 0 Å². The maximum absolute atomic E-state index is 9.04. The van der Waals surface area contributed by atoms with E-state index < -0.39 is 0 Å². The Labute approximate surface area is 98.7 Å². The molecule has 1 heterocycles. The van der Waals surface area contributed by atoms with Gasteiger partial charge in [-0.1, -0.05) is 11.6 Å². The van der Waals surface area contributed by atoms with Crippen LogP contribution in [0.25, 0.3) is 0 Å². The van der Waals surface area contributed by atoms with Crippen LogP contribution >= 0.6 is 0 Å². The number of hydrogen-bond donors (Lipinski definition) is 1. The minimum atomic E-state index is -0.260. The number of rotatable bonds is 7. The van der Waals surface area contributed by atoms with Crippen molar-refractivity contribution < 1.29 is 9.84 Å². The summed E-state index contributed by atoms with van der Waals surface area (Å²) in [5.74, 6) is 2.64. The Morgan fingerprint density at radius 2 is 2.38 bits per heavy atom. The molecule has 0 amide bonds. The van der Waals surface area contributed by atoms with Crippen LogP contribution in [0.3, 0.4) is 0 Å². The van der Waals surface area contributed by atoms with Gasteiger partial charge < -0.3 is 9.84 Å². The lowest BCUT2D eigenvalue weighted by molar-refractivity contribution is 0.184. The lowest BCUT2D eigenvalue weighted by Crippen LogP contribution is -2.14. The van der Waals surface area contributed by atoms with Crippen LogP contribution in [0.4, 0.5) is 0 Å². The Kier molecular flexibility index (Phi) is 5.05. The van der Waals surface area contributed by atoms with Crippen LogP contribution in [0.5, 0.6) is 0 Å². The van der Waals surface area contributed by atoms with Gasteiger partial charge >= 0.3 is 0 Å². The fourth-order valence-electron chi connectivity index (χ4n) is 1.81. The Hall–Kier alpha value is -0.780. The van der Waals surface area contributed by atoms with Crippen LogP contribution in [0.2, 0.25) is 0 Å². The molecular formula is C14H22O2. The first-order valence-electron chi connectivity index (χ1n) is 6.00. The molecule has 0 aliphatic carbocycles. The van der Waals surface area contributed by atoms with Crippen molar-refractivity contribution in [2.45, 2.75) is 57.7 Å². The Morgan fingerprint density at radius 3 is 2.94 bits per heavy atom. The van der Waals surface area contributed by atoms with Crippen molar-refractivity contribution in [2.24, 2.45) is 0 Å². The van der Waals surface area contributed by atoms with Gasteiger partial charge in [0.15, 0.2) is 0 Å². The van der Waals surface area contributed by atoms with Crippen molar-refractivity contribution in [3.63, 3.8) is 0 Å². The molecule has 2 heteroatoms. The average molecular weight is 222 g/mol. The number of hydrogen-bond acceptors (Lipinski definition) is 2. The highest BCUT2D eigenvalue weighted by Gasteiger charge is 2.50. The zero-order valence-corrected chi connectivity index (χ0v) is 10.3. The van der Waals surface area contributed by atoms with E-state index >= 15 is 0 Å². The molecule has 1 rings (SSSR count). The van der Waals surface area contributed by atoms with Crippen molar-refractivity contribution in [1.29, 1.82) is 0 Å². The molecule has 1 saturated heterocycles. The van der Waals surface area contributed by atoms with Gasteiger partial charge in [0.2, 0.25) is 0 Å². The van der Waals surface area contributed by atoms with Gasteiger partial charge in [-0.05, 0) is 39.5 Å². The zero-order valence-electron chi connectivity index (χ0n) is 10.3. The quantitative estimate of drug-likeness (QED) is 0.311. The van der Waals surface area contributed by atoms with E-state index in [0.29, 0.717) is 0 Å². The lowest BCUT2D eigenvalue weighted by Gasteiger charge is -2.01. The van der Waals surface area contributed by atoms with E-state index in [0.717, 1.165) is 32.1 Å². The summed E-state index contributed by atoms with van der Waals surface area (Å²) >= 11 is 0. The van der Waals surface area contributed by atoms with Gasteiger partial charge in [-0.2, -0.15) is 0 Å². The molecule has 1 aliphatic rings. The van der Waals surface area contributed by atoms with Crippen molar-refractivity contribution in [1.82, 2.24) is 0 Å². The van der Waals surface area contributed by atoms with Crippen molar-refractivity contribution >= 4 is 0 Å². The maximum Gasteiger partial charge on any atom is 0.115 e. The van der Waals surface area contributed by atoms with Gasteiger partial charge in [-0.15, -0.1) is 12.3 Å². The van der Waals surface area contributed by atoms with Crippen LogP contribution in [0, 0.1) is 12.3 Å². The van der Waals surface area contributed by atoms with Crippen LogP contribution in [0.15, 0.2) is 11.6 Å². The molecule has 0 aromatic carbocycles. The molecular weight excluding hydrogens is 200 g/mol. The summed E-state index contributed by atoms with van der Waals surface area (Å²) in [5.41, 5.74) is 1.14. The van der Waals surface area contributed by atoms with E-state index in [1.807, 2.05) is 6.92 Å². The fraction of sp³-hybridized carbons (Fsp3) is 0.714.